The molecule has 0 saturated carbocycles. The molecule has 0 aromatic heterocycles. The topological polar surface area (TPSA) is 76.7 Å². The lowest BCUT2D eigenvalue weighted by molar-refractivity contribution is 0.0949. The van der Waals surface area contributed by atoms with Gasteiger partial charge in [-0.1, -0.05) is 12.1 Å². The van der Waals surface area contributed by atoms with E-state index >= 15 is 0 Å². The standard InChI is InChI=1S/C13H18N2O4/c1-3-19-13(17)15-9-8-14-12(16)10-6-4-5-7-11(10)18-2/h4-7H,3,8-9H2,1-2H3,(H,14,16)(H,15,17). The summed E-state index contributed by atoms with van der Waals surface area (Å²) >= 11 is 0. The number of hydrogen-bond acceptors (Lipinski definition) is 4. The molecule has 2 N–H and O–H groups in total. The van der Waals surface area contributed by atoms with Crippen LogP contribution in [0.1, 0.15) is 17.3 Å². The maximum atomic E-state index is 11.9. The highest BCUT2D eigenvalue weighted by atomic mass is 16.5. The summed E-state index contributed by atoms with van der Waals surface area (Å²) in [5, 5.41) is 5.19. The maximum Gasteiger partial charge on any atom is 0.407 e. The second kappa shape index (κ2) is 7.97. The summed E-state index contributed by atoms with van der Waals surface area (Å²) in [5.74, 6) is 0.265. The Labute approximate surface area is 112 Å². The van der Waals surface area contributed by atoms with Crippen molar-refractivity contribution < 1.29 is 19.1 Å². The van der Waals surface area contributed by atoms with Crippen molar-refractivity contribution in [3.05, 3.63) is 29.8 Å². The molecule has 6 nitrogen and oxygen atoms in total. The van der Waals surface area contributed by atoms with Crippen LogP contribution in [0.15, 0.2) is 24.3 Å². The average Bonchev–Trinajstić information content (AvgIpc) is 2.43. The van der Waals surface area contributed by atoms with Gasteiger partial charge in [0, 0.05) is 13.1 Å². The van der Waals surface area contributed by atoms with Crippen LogP contribution in [-0.2, 0) is 4.74 Å². The van der Waals surface area contributed by atoms with Crippen LogP contribution in [0.4, 0.5) is 4.79 Å². The molecule has 1 rings (SSSR count). The van der Waals surface area contributed by atoms with E-state index in [1.54, 1.807) is 31.2 Å². The van der Waals surface area contributed by atoms with Crippen LogP contribution in [0.25, 0.3) is 0 Å². The van der Waals surface area contributed by atoms with E-state index < -0.39 is 6.09 Å². The van der Waals surface area contributed by atoms with Gasteiger partial charge in [-0.15, -0.1) is 0 Å². The van der Waals surface area contributed by atoms with Gasteiger partial charge in [0.15, 0.2) is 0 Å². The second-order valence-corrected chi connectivity index (χ2v) is 3.60. The monoisotopic (exact) mass is 266 g/mol. The van der Waals surface area contributed by atoms with E-state index in [1.807, 2.05) is 0 Å². The van der Waals surface area contributed by atoms with E-state index in [0.29, 0.717) is 31.0 Å². The molecule has 0 fully saturated rings. The molecule has 0 saturated heterocycles. The van der Waals surface area contributed by atoms with Crippen molar-refractivity contribution in [2.24, 2.45) is 0 Å². The molecule has 104 valence electrons. The van der Waals surface area contributed by atoms with Crippen molar-refractivity contribution in [1.29, 1.82) is 0 Å². The Hall–Kier alpha value is -2.24. The van der Waals surface area contributed by atoms with E-state index in [4.69, 9.17) is 4.74 Å². The number of nitrogens with one attached hydrogen (secondary N) is 2. The van der Waals surface area contributed by atoms with Crippen molar-refractivity contribution in [1.82, 2.24) is 10.6 Å². The van der Waals surface area contributed by atoms with Crippen LogP contribution in [-0.4, -0.2) is 38.8 Å². The van der Waals surface area contributed by atoms with Gasteiger partial charge in [-0.25, -0.2) is 4.79 Å². The normalized spacial score (nSPS) is 9.58. The zero-order chi connectivity index (χ0) is 14.1. The molecule has 19 heavy (non-hydrogen) atoms. The molecule has 2 amide bonds. The molecule has 0 aliphatic heterocycles. The van der Waals surface area contributed by atoms with Crippen molar-refractivity contribution in [3.63, 3.8) is 0 Å². The van der Waals surface area contributed by atoms with E-state index in [1.165, 1.54) is 7.11 Å². The van der Waals surface area contributed by atoms with Gasteiger partial charge >= 0.3 is 6.09 Å². The number of carbonyl (C=O) groups excluding carboxylic acids is 2. The lowest BCUT2D eigenvalue weighted by Crippen LogP contribution is -2.35. The number of amides is 2. The third kappa shape index (κ3) is 4.87. The minimum absolute atomic E-state index is 0.247. The fourth-order valence-corrected chi connectivity index (χ4v) is 1.45. The van der Waals surface area contributed by atoms with Gasteiger partial charge in [-0.2, -0.15) is 0 Å². The highest BCUT2D eigenvalue weighted by Crippen LogP contribution is 2.16. The number of carbonyl (C=O) groups is 2. The lowest BCUT2D eigenvalue weighted by atomic mass is 10.2. The molecule has 0 unspecified atom stereocenters. The minimum atomic E-state index is -0.492. The van der Waals surface area contributed by atoms with Gasteiger partial charge < -0.3 is 20.1 Å². The molecule has 0 radical (unpaired) electrons. The first-order valence-corrected chi connectivity index (χ1v) is 6.00. The van der Waals surface area contributed by atoms with Crippen molar-refractivity contribution in [2.45, 2.75) is 6.92 Å². The largest absolute Gasteiger partial charge is 0.496 e. The van der Waals surface area contributed by atoms with Gasteiger partial charge in [0.2, 0.25) is 0 Å². The quantitative estimate of drug-likeness (QED) is 0.758. The van der Waals surface area contributed by atoms with Gasteiger partial charge in [-0.3, -0.25) is 4.79 Å². The average molecular weight is 266 g/mol. The summed E-state index contributed by atoms with van der Waals surface area (Å²) in [6.45, 7) is 2.66. The van der Waals surface area contributed by atoms with Crippen molar-refractivity contribution in [2.75, 3.05) is 26.8 Å². The predicted molar refractivity (Wildman–Crippen MR) is 70.4 cm³/mol. The number of para-hydroxylation sites is 1. The summed E-state index contributed by atoms with van der Waals surface area (Å²) in [7, 11) is 1.51. The van der Waals surface area contributed by atoms with Gasteiger partial charge in [-0.05, 0) is 19.1 Å². The summed E-state index contributed by atoms with van der Waals surface area (Å²) in [6.07, 6.45) is -0.492. The minimum Gasteiger partial charge on any atom is -0.496 e. The van der Waals surface area contributed by atoms with Gasteiger partial charge in [0.05, 0.1) is 19.3 Å². The Morgan fingerprint density at radius 3 is 2.53 bits per heavy atom. The third-order valence-electron chi connectivity index (χ3n) is 2.31. The number of alkyl carbamates (subject to hydrolysis) is 1. The highest BCUT2D eigenvalue weighted by molar-refractivity contribution is 5.96. The summed E-state index contributed by atoms with van der Waals surface area (Å²) in [5.41, 5.74) is 0.459. The Morgan fingerprint density at radius 2 is 1.84 bits per heavy atom. The van der Waals surface area contributed by atoms with Gasteiger partial charge in [0.25, 0.3) is 5.91 Å². The fraction of sp³-hybridized carbons (Fsp3) is 0.385. The molecule has 0 aliphatic rings. The third-order valence-corrected chi connectivity index (χ3v) is 2.31. The Balaban J connectivity index is 2.37. The molecule has 0 aliphatic carbocycles. The molecule has 6 heteroatoms. The van der Waals surface area contributed by atoms with E-state index in [2.05, 4.69) is 15.4 Å². The van der Waals surface area contributed by atoms with Crippen molar-refractivity contribution in [3.8, 4) is 5.75 Å². The van der Waals surface area contributed by atoms with Crippen LogP contribution in [0.5, 0.6) is 5.75 Å². The zero-order valence-corrected chi connectivity index (χ0v) is 11.1. The first-order valence-electron chi connectivity index (χ1n) is 6.00. The SMILES string of the molecule is CCOC(=O)NCCNC(=O)c1ccccc1OC. The van der Waals surface area contributed by atoms with E-state index in [9.17, 15) is 9.59 Å². The predicted octanol–water partition coefficient (Wildman–Crippen LogP) is 1.17. The number of hydrogen-bond donors (Lipinski definition) is 2. The number of benzene rings is 1. The molecule has 0 atom stereocenters. The number of methoxy groups -OCH3 is 1. The molecule has 1 aromatic carbocycles. The second-order valence-electron chi connectivity index (χ2n) is 3.60. The lowest BCUT2D eigenvalue weighted by Gasteiger charge is -2.09. The summed E-state index contributed by atoms with van der Waals surface area (Å²) in [6, 6.07) is 6.94. The molecular formula is C13H18N2O4. The zero-order valence-electron chi connectivity index (χ0n) is 11.1. The van der Waals surface area contributed by atoms with Crippen LogP contribution in [0, 0.1) is 0 Å². The first-order chi connectivity index (χ1) is 9.19. The molecule has 0 bridgehead atoms. The van der Waals surface area contributed by atoms with E-state index in [-0.39, 0.29) is 5.91 Å². The van der Waals surface area contributed by atoms with Crippen LogP contribution in [0.3, 0.4) is 0 Å². The maximum absolute atomic E-state index is 11.9. The molecular weight excluding hydrogens is 248 g/mol. The number of ether oxygens (including phenoxy) is 2. The van der Waals surface area contributed by atoms with Crippen LogP contribution in [0.2, 0.25) is 0 Å². The Kier molecular flexibility index (Phi) is 6.21. The Morgan fingerprint density at radius 1 is 1.16 bits per heavy atom. The molecule has 0 spiro atoms. The molecule has 1 aromatic rings. The van der Waals surface area contributed by atoms with Crippen molar-refractivity contribution >= 4 is 12.0 Å². The summed E-state index contributed by atoms with van der Waals surface area (Å²) < 4.78 is 9.78. The highest BCUT2D eigenvalue weighted by Gasteiger charge is 2.10. The first kappa shape index (κ1) is 14.8. The van der Waals surface area contributed by atoms with Crippen LogP contribution >= 0.6 is 0 Å². The Bertz CT molecular complexity index is 434. The van der Waals surface area contributed by atoms with Crippen LogP contribution < -0.4 is 15.4 Å². The van der Waals surface area contributed by atoms with E-state index in [0.717, 1.165) is 0 Å². The fourth-order valence-electron chi connectivity index (χ4n) is 1.45. The number of rotatable bonds is 6. The summed E-state index contributed by atoms with van der Waals surface area (Å²) in [4.78, 5) is 22.9. The van der Waals surface area contributed by atoms with Gasteiger partial charge in [0.1, 0.15) is 5.75 Å². The molecule has 0 heterocycles. The smallest absolute Gasteiger partial charge is 0.407 e.